The predicted octanol–water partition coefficient (Wildman–Crippen LogP) is -0.0728. The van der Waals surface area contributed by atoms with Gasteiger partial charge in [0.2, 0.25) is 5.82 Å². The number of anilines is 1. The van der Waals surface area contributed by atoms with Crippen LogP contribution in [0.2, 0.25) is 0 Å². The molecular formula is C11H17N5O5. The molecule has 2 heterocycles. The Morgan fingerprint density at radius 2 is 2.19 bits per heavy atom. The van der Waals surface area contributed by atoms with Crippen molar-refractivity contribution in [3.05, 3.63) is 16.3 Å². The van der Waals surface area contributed by atoms with Crippen LogP contribution in [0.1, 0.15) is 12.8 Å². The third-order valence-electron chi connectivity index (χ3n) is 3.65. The summed E-state index contributed by atoms with van der Waals surface area (Å²) in [6, 6.07) is 0. The number of carboxylic acid groups (broad SMARTS) is 1. The minimum Gasteiger partial charge on any atom is -0.465 e. The fourth-order valence-corrected chi connectivity index (χ4v) is 2.47. The summed E-state index contributed by atoms with van der Waals surface area (Å²) in [5, 5.41) is 35.9. The van der Waals surface area contributed by atoms with Gasteiger partial charge in [-0.3, -0.25) is 10.1 Å². The van der Waals surface area contributed by atoms with Gasteiger partial charge in [-0.25, -0.2) is 9.48 Å². The highest BCUT2D eigenvalue weighted by molar-refractivity contribution is 5.64. The number of aliphatic hydroxyl groups is 1. The van der Waals surface area contributed by atoms with Crippen molar-refractivity contribution in [1.29, 1.82) is 0 Å². The molecule has 10 nitrogen and oxygen atoms in total. The highest BCUT2D eigenvalue weighted by Crippen LogP contribution is 2.31. The first kappa shape index (κ1) is 15.0. The summed E-state index contributed by atoms with van der Waals surface area (Å²) in [5.74, 6) is 0.397. The molecule has 1 saturated heterocycles. The maximum absolute atomic E-state index is 11.0. The molecular weight excluding hydrogens is 282 g/mol. The molecule has 10 heteroatoms. The highest BCUT2D eigenvalue weighted by atomic mass is 16.6. The Labute approximate surface area is 120 Å². The molecule has 0 atom stereocenters. The minimum absolute atomic E-state index is 0.0519. The number of aryl methyl sites for hydroxylation is 1. The molecule has 2 rings (SSSR count). The molecule has 1 aromatic rings. The van der Waals surface area contributed by atoms with E-state index in [-0.39, 0.29) is 12.2 Å². The molecule has 0 saturated carbocycles. The molecule has 1 aromatic heterocycles. The van der Waals surface area contributed by atoms with E-state index in [0.717, 1.165) is 0 Å². The molecule has 1 aliphatic heterocycles. The number of piperidine rings is 1. The number of amides is 1. The van der Waals surface area contributed by atoms with Crippen molar-refractivity contribution in [2.24, 2.45) is 7.05 Å². The van der Waals surface area contributed by atoms with E-state index in [2.05, 4.69) is 10.4 Å². The molecule has 0 aliphatic carbocycles. The summed E-state index contributed by atoms with van der Waals surface area (Å²) in [4.78, 5) is 22.8. The number of carbonyl (C=O) groups is 1. The summed E-state index contributed by atoms with van der Waals surface area (Å²) in [5.41, 5.74) is -1.20. The zero-order valence-corrected chi connectivity index (χ0v) is 11.5. The van der Waals surface area contributed by atoms with Crippen LogP contribution in [0.15, 0.2) is 6.20 Å². The van der Waals surface area contributed by atoms with Gasteiger partial charge < -0.3 is 20.4 Å². The lowest BCUT2D eigenvalue weighted by Crippen LogP contribution is -2.51. The van der Waals surface area contributed by atoms with Crippen molar-refractivity contribution in [2.45, 2.75) is 18.4 Å². The van der Waals surface area contributed by atoms with E-state index in [1.54, 1.807) is 11.9 Å². The zero-order chi connectivity index (χ0) is 15.6. The van der Waals surface area contributed by atoms with Crippen LogP contribution in [0.25, 0.3) is 0 Å². The molecule has 3 N–H and O–H groups in total. The van der Waals surface area contributed by atoms with E-state index in [1.165, 1.54) is 10.9 Å². The zero-order valence-electron chi connectivity index (χ0n) is 11.5. The molecule has 1 fully saturated rings. The SMILES string of the molecule is Cn1ncc([N+](=O)[O-])c1N1CCC(O)(CNC(=O)O)CC1. The smallest absolute Gasteiger partial charge is 0.404 e. The lowest BCUT2D eigenvalue weighted by molar-refractivity contribution is -0.384. The molecule has 116 valence electrons. The largest absolute Gasteiger partial charge is 0.465 e. The predicted molar refractivity (Wildman–Crippen MR) is 72.3 cm³/mol. The lowest BCUT2D eigenvalue weighted by atomic mass is 9.91. The van der Waals surface area contributed by atoms with Crippen molar-refractivity contribution in [3.8, 4) is 0 Å². The van der Waals surface area contributed by atoms with Gasteiger partial charge in [-0.15, -0.1) is 0 Å². The Bertz CT molecular complexity index is 549. The van der Waals surface area contributed by atoms with Crippen LogP contribution in [-0.4, -0.2) is 56.2 Å². The topological polar surface area (TPSA) is 134 Å². The van der Waals surface area contributed by atoms with Gasteiger partial charge in [0.05, 0.1) is 10.5 Å². The van der Waals surface area contributed by atoms with E-state index in [0.29, 0.717) is 31.7 Å². The fraction of sp³-hybridized carbons (Fsp3) is 0.636. The van der Waals surface area contributed by atoms with Crippen LogP contribution >= 0.6 is 0 Å². The molecule has 0 spiro atoms. The minimum atomic E-state index is -1.19. The van der Waals surface area contributed by atoms with E-state index in [1.807, 2.05) is 0 Å². The number of hydrogen-bond acceptors (Lipinski definition) is 6. The maximum Gasteiger partial charge on any atom is 0.404 e. The average molecular weight is 299 g/mol. The molecule has 21 heavy (non-hydrogen) atoms. The van der Waals surface area contributed by atoms with Crippen molar-refractivity contribution < 1.29 is 19.9 Å². The third-order valence-corrected chi connectivity index (χ3v) is 3.65. The molecule has 0 aromatic carbocycles. The van der Waals surface area contributed by atoms with Crippen LogP contribution in [-0.2, 0) is 7.05 Å². The van der Waals surface area contributed by atoms with E-state index in [4.69, 9.17) is 5.11 Å². The quantitative estimate of drug-likeness (QED) is 0.523. The first-order valence-electron chi connectivity index (χ1n) is 6.43. The monoisotopic (exact) mass is 299 g/mol. The van der Waals surface area contributed by atoms with Crippen molar-refractivity contribution in [2.75, 3.05) is 24.5 Å². The van der Waals surface area contributed by atoms with Crippen LogP contribution < -0.4 is 10.2 Å². The van der Waals surface area contributed by atoms with Gasteiger partial charge in [-0.05, 0) is 12.8 Å². The van der Waals surface area contributed by atoms with Gasteiger partial charge in [0.1, 0.15) is 6.20 Å². The van der Waals surface area contributed by atoms with E-state index < -0.39 is 16.6 Å². The van der Waals surface area contributed by atoms with Gasteiger partial charge in [0.25, 0.3) is 0 Å². The molecule has 1 amide bonds. The molecule has 1 aliphatic rings. The number of nitrogens with zero attached hydrogens (tertiary/aromatic N) is 4. The van der Waals surface area contributed by atoms with Crippen molar-refractivity contribution in [1.82, 2.24) is 15.1 Å². The summed E-state index contributed by atoms with van der Waals surface area (Å²) in [6.45, 7) is 0.722. The Balaban J connectivity index is 2.06. The van der Waals surface area contributed by atoms with Crippen LogP contribution in [0, 0.1) is 10.1 Å². The second-order valence-corrected chi connectivity index (χ2v) is 5.10. The van der Waals surface area contributed by atoms with Gasteiger partial charge in [0.15, 0.2) is 0 Å². The maximum atomic E-state index is 11.0. The van der Waals surface area contributed by atoms with Gasteiger partial charge in [-0.1, -0.05) is 0 Å². The Morgan fingerprint density at radius 1 is 1.57 bits per heavy atom. The van der Waals surface area contributed by atoms with E-state index >= 15 is 0 Å². The number of nitro groups is 1. The fourth-order valence-electron chi connectivity index (χ4n) is 2.47. The third kappa shape index (κ3) is 3.21. The number of aromatic nitrogens is 2. The van der Waals surface area contributed by atoms with E-state index in [9.17, 15) is 20.0 Å². The molecule has 0 unspecified atom stereocenters. The van der Waals surface area contributed by atoms with Gasteiger partial charge in [0, 0.05) is 26.7 Å². The van der Waals surface area contributed by atoms with Crippen molar-refractivity contribution >= 4 is 17.6 Å². The average Bonchev–Trinajstić information content (AvgIpc) is 2.80. The second kappa shape index (κ2) is 5.56. The molecule has 0 radical (unpaired) electrons. The second-order valence-electron chi connectivity index (χ2n) is 5.10. The Kier molecular flexibility index (Phi) is 3.98. The Morgan fingerprint density at radius 3 is 2.71 bits per heavy atom. The standard InChI is InChI=1S/C11H17N5O5/c1-14-9(8(6-13-14)16(20)21)15-4-2-11(19,3-5-15)7-12-10(17)18/h6,12,19H,2-5,7H2,1H3,(H,17,18). The van der Waals surface area contributed by atoms with Gasteiger partial charge >= 0.3 is 11.8 Å². The number of hydrogen-bond donors (Lipinski definition) is 3. The van der Waals surface area contributed by atoms with Crippen LogP contribution in [0.3, 0.4) is 0 Å². The molecule has 0 bridgehead atoms. The van der Waals surface area contributed by atoms with Gasteiger partial charge in [-0.2, -0.15) is 5.10 Å². The van der Waals surface area contributed by atoms with Crippen molar-refractivity contribution in [3.63, 3.8) is 0 Å². The normalized spacial score (nSPS) is 17.5. The first-order chi connectivity index (χ1) is 9.82. The summed E-state index contributed by atoms with van der Waals surface area (Å²) >= 11 is 0. The highest BCUT2D eigenvalue weighted by Gasteiger charge is 2.35. The number of nitrogens with one attached hydrogen (secondary N) is 1. The summed E-state index contributed by atoms with van der Waals surface area (Å²) < 4.78 is 1.43. The Hall–Kier alpha value is -2.36. The number of rotatable bonds is 4. The summed E-state index contributed by atoms with van der Waals surface area (Å²) in [7, 11) is 1.62. The lowest BCUT2D eigenvalue weighted by Gasteiger charge is -2.38. The van der Waals surface area contributed by atoms with Crippen LogP contribution in [0.4, 0.5) is 16.3 Å². The summed E-state index contributed by atoms with van der Waals surface area (Å²) in [6.07, 6.45) is 0.640. The first-order valence-corrected chi connectivity index (χ1v) is 6.43. The van der Waals surface area contributed by atoms with Crippen LogP contribution in [0.5, 0.6) is 0 Å².